The van der Waals surface area contributed by atoms with E-state index in [-0.39, 0.29) is 0 Å². The number of allylic oxidation sites excluding steroid dienone is 2. The first kappa shape index (κ1) is 10.2. The number of hydrogen-bond acceptors (Lipinski definition) is 2. The van der Waals surface area contributed by atoms with Gasteiger partial charge in [0.05, 0.1) is 6.61 Å². The number of hydrogen-bond donors (Lipinski definition) is 1. The Kier molecular flexibility index (Phi) is 3.60. The summed E-state index contributed by atoms with van der Waals surface area (Å²) < 4.78 is 5.28. The molecule has 2 aliphatic rings. The van der Waals surface area contributed by atoms with Crippen LogP contribution in [0.4, 0.5) is 0 Å². The maximum atomic E-state index is 5.28. The molecule has 0 heterocycles. The summed E-state index contributed by atoms with van der Waals surface area (Å²) in [7, 11) is 0. The first-order chi connectivity index (χ1) is 6.90. The fourth-order valence-electron chi connectivity index (χ4n) is 2.71. The van der Waals surface area contributed by atoms with E-state index in [4.69, 9.17) is 4.74 Å². The second-order valence-electron chi connectivity index (χ2n) is 4.44. The second kappa shape index (κ2) is 4.94. The Hall–Kier alpha value is -0.340. The third-order valence-corrected chi connectivity index (χ3v) is 3.45. The van der Waals surface area contributed by atoms with E-state index in [1.54, 1.807) is 0 Å². The van der Waals surface area contributed by atoms with E-state index in [2.05, 4.69) is 17.5 Å². The first-order valence-electron chi connectivity index (χ1n) is 5.87. The Labute approximate surface area is 86.7 Å². The third kappa shape index (κ3) is 2.37. The molecule has 1 N–H and O–H groups in total. The molecule has 0 saturated heterocycles. The van der Waals surface area contributed by atoms with Crippen LogP contribution in [0.5, 0.6) is 0 Å². The van der Waals surface area contributed by atoms with Crippen LogP contribution in [0, 0.1) is 17.8 Å². The maximum Gasteiger partial charge on any atom is 0.0590 e. The van der Waals surface area contributed by atoms with Crippen LogP contribution in [-0.2, 0) is 4.74 Å². The van der Waals surface area contributed by atoms with E-state index < -0.39 is 0 Å². The minimum absolute atomic E-state index is 0.832. The molecule has 2 rings (SSSR count). The molecular weight excluding hydrogens is 174 g/mol. The molecule has 2 aliphatic carbocycles. The van der Waals surface area contributed by atoms with Gasteiger partial charge in [-0.25, -0.2) is 0 Å². The topological polar surface area (TPSA) is 21.3 Å². The highest BCUT2D eigenvalue weighted by atomic mass is 16.5. The molecule has 0 radical (unpaired) electrons. The van der Waals surface area contributed by atoms with Crippen LogP contribution in [0.2, 0.25) is 0 Å². The van der Waals surface area contributed by atoms with Crippen molar-refractivity contribution in [3.05, 3.63) is 12.2 Å². The predicted molar refractivity (Wildman–Crippen MR) is 58.2 cm³/mol. The number of fused-ring (bicyclic) bond motifs is 2. The van der Waals surface area contributed by atoms with Crippen LogP contribution in [0.25, 0.3) is 0 Å². The van der Waals surface area contributed by atoms with Crippen molar-refractivity contribution >= 4 is 0 Å². The third-order valence-electron chi connectivity index (χ3n) is 3.45. The number of nitrogens with one attached hydrogen (secondary N) is 1. The van der Waals surface area contributed by atoms with Gasteiger partial charge in [0.1, 0.15) is 0 Å². The second-order valence-corrected chi connectivity index (χ2v) is 4.44. The smallest absolute Gasteiger partial charge is 0.0590 e. The Morgan fingerprint density at radius 1 is 1.36 bits per heavy atom. The lowest BCUT2D eigenvalue weighted by Crippen LogP contribution is -2.28. The average Bonchev–Trinajstić information content (AvgIpc) is 2.79. The monoisotopic (exact) mass is 195 g/mol. The highest BCUT2D eigenvalue weighted by Gasteiger charge is 2.34. The highest BCUT2D eigenvalue weighted by Crippen LogP contribution is 2.42. The van der Waals surface area contributed by atoms with Gasteiger partial charge < -0.3 is 10.1 Å². The minimum Gasteiger partial charge on any atom is -0.380 e. The Morgan fingerprint density at radius 2 is 2.29 bits per heavy atom. The largest absolute Gasteiger partial charge is 0.380 e. The van der Waals surface area contributed by atoms with E-state index in [0.717, 1.165) is 37.5 Å². The van der Waals surface area contributed by atoms with Crippen molar-refractivity contribution in [2.24, 2.45) is 17.8 Å². The van der Waals surface area contributed by atoms with Crippen LogP contribution in [-0.4, -0.2) is 26.3 Å². The Bertz CT molecular complexity index is 202. The first-order valence-corrected chi connectivity index (χ1v) is 5.87. The summed E-state index contributed by atoms with van der Waals surface area (Å²) in [4.78, 5) is 0. The van der Waals surface area contributed by atoms with Gasteiger partial charge in [0.2, 0.25) is 0 Å². The van der Waals surface area contributed by atoms with Crippen LogP contribution >= 0.6 is 0 Å². The molecule has 2 nitrogen and oxygen atoms in total. The van der Waals surface area contributed by atoms with E-state index in [9.17, 15) is 0 Å². The zero-order valence-electron chi connectivity index (χ0n) is 9.04. The van der Waals surface area contributed by atoms with E-state index >= 15 is 0 Å². The molecule has 0 aromatic rings. The lowest BCUT2D eigenvalue weighted by Gasteiger charge is -2.18. The van der Waals surface area contributed by atoms with Crippen molar-refractivity contribution in [1.29, 1.82) is 0 Å². The molecule has 0 aromatic heterocycles. The fourth-order valence-corrected chi connectivity index (χ4v) is 2.71. The summed E-state index contributed by atoms with van der Waals surface area (Å²) in [5.41, 5.74) is 0. The van der Waals surface area contributed by atoms with Gasteiger partial charge in [-0.15, -0.1) is 0 Å². The van der Waals surface area contributed by atoms with E-state index in [0.29, 0.717) is 0 Å². The highest BCUT2D eigenvalue weighted by molar-refractivity contribution is 5.10. The van der Waals surface area contributed by atoms with Crippen molar-refractivity contribution in [2.45, 2.75) is 19.8 Å². The van der Waals surface area contributed by atoms with Gasteiger partial charge in [-0.1, -0.05) is 12.2 Å². The van der Waals surface area contributed by atoms with Gasteiger partial charge in [0.25, 0.3) is 0 Å². The summed E-state index contributed by atoms with van der Waals surface area (Å²) >= 11 is 0. The summed E-state index contributed by atoms with van der Waals surface area (Å²) in [5, 5.41) is 3.49. The lowest BCUT2D eigenvalue weighted by molar-refractivity contribution is 0.148. The summed E-state index contributed by atoms with van der Waals surface area (Å²) in [6, 6.07) is 0. The number of rotatable bonds is 6. The molecule has 1 saturated carbocycles. The Morgan fingerprint density at radius 3 is 2.93 bits per heavy atom. The molecule has 2 heteroatoms. The van der Waals surface area contributed by atoms with Crippen molar-refractivity contribution in [2.75, 3.05) is 26.3 Å². The normalized spacial score (nSPS) is 34.2. The van der Waals surface area contributed by atoms with Crippen molar-refractivity contribution < 1.29 is 4.74 Å². The summed E-state index contributed by atoms with van der Waals surface area (Å²) in [6.07, 6.45) is 7.64. The summed E-state index contributed by atoms with van der Waals surface area (Å²) in [5.74, 6) is 2.67. The zero-order chi connectivity index (χ0) is 9.80. The van der Waals surface area contributed by atoms with Gasteiger partial charge in [0, 0.05) is 13.2 Å². The maximum absolute atomic E-state index is 5.28. The molecule has 0 unspecified atom stereocenters. The van der Waals surface area contributed by atoms with E-state index in [1.807, 2.05) is 6.92 Å². The quantitative estimate of drug-likeness (QED) is 0.515. The molecule has 2 bridgehead atoms. The van der Waals surface area contributed by atoms with Gasteiger partial charge >= 0.3 is 0 Å². The van der Waals surface area contributed by atoms with Crippen LogP contribution in [0.3, 0.4) is 0 Å². The van der Waals surface area contributed by atoms with Crippen LogP contribution in [0.15, 0.2) is 12.2 Å². The van der Waals surface area contributed by atoms with Crippen molar-refractivity contribution in [1.82, 2.24) is 5.32 Å². The zero-order valence-corrected chi connectivity index (χ0v) is 9.04. The minimum atomic E-state index is 0.832. The molecule has 3 atom stereocenters. The van der Waals surface area contributed by atoms with Gasteiger partial charge in [-0.3, -0.25) is 0 Å². The van der Waals surface area contributed by atoms with Gasteiger partial charge in [-0.2, -0.15) is 0 Å². The lowest BCUT2D eigenvalue weighted by atomic mass is 9.94. The van der Waals surface area contributed by atoms with Crippen LogP contribution in [0.1, 0.15) is 19.8 Å². The number of ether oxygens (including phenoxy) is 1. The van der Waals surface area contributed by atoms with Crippen LogP contribution < -0.4 is 5.32 Å². The van der Waals surface area contributed by atoms with E-state index in [1.165, 1.54) is 19.4 Å². The van der Waals surface area contributed by atoms with Gasteiger partial charge in [0.15, 0.2) is 0 Å². The SMILES string of the molecule is CCOCCNC[C@@H]1C[C@H]2C=C[C@H]1C2. The molecule has 1 fully saturated rings. The van der Waals surface area contributed by atoms with Gasteiger partial charge in [-0.05, 0) is 44.1 Å². The predicted octanol–water partition coefficient (Wildman–Crippen LogP) is 1.82. The molecule has 14 heavy (non-hydrogen) atoms. The fraction of sp³-hybridized carbons (Fsp3) is 0.833. The molecule has 80 valence electrons. The molecule has 0 spiro atoms. The molecule has 0 aliphatic heterocycles. The summed E-state index contributed by atoms with van der Waals surface area (Å²) in [6.45, 7) is 5.91. The standard InChI is InChI=1S/C12H21NO/c1-2-14-6-5-13-9-12-8-10-3-4-11(12)7-10/h3-4,10-13H,2,5-9H2,1H3/t10-,11-,12-/m0/s1. The molecule has 0 amide bonds. The van der Waals surface area contributed by atoms with Crippen molar-refractivity contribution in [3.63, 3.8) is 0 Å². The molecular formula is C12H21NO. The van der Waals surface area contributed by atoms with Crippen molar-refractivity contribution in [3.8, 4) is 0 Å². The molecule has 0 aromatic carbocycles. The Balaban J connectivity index is 1.56. The average molecular weight is 195 g/mol.